The lowest BCUT2D eigenvalue weighted by molar-refractivity contribution is -0.150. The number of carbonyl (C=O) groups is 3. The van der Waals surface area contributed by atoms with Crippen molar-refractivity contribution < 1.29 is 43.6 Å². The first kappa shape index (κ1) is 26.3. The molecule has 4 atom stereocenters. The zero-order valence-corrected chi connectivity index (χ0v) is 20.4. The van der Waals surface area contributed by atoms with Crippen LogP contribution < -0.4 is 11.1 Å². The van der Waals surface area contributed by atoms with Crippen LogP contribution in [0.1, 0.15) is 30.4 Å². The van der Waals surface area contributed by atoms with Crippen LogP contribution in [0.25, 0.3) is 5.76 Å². The van der Waals surface area contributed by atoms with Crippen molar-refractivity contribution in [3.63, 3.8) is 0 Å². The van der Waals surface area contributed by atoms with Gasteiger partial charge in [0.25, 0.3) is 12.3 Å². The van der Waals surface area contributed by atoms with Crippen molar-refractivity contribution in [3.8, 4) is 5.75 Å². The number of amides is 1. The van der Waals surface area contributed by atoms with Crippen molar-refractivity contribution in [1.82, 2.24) is 10.2 Å². The van der Waals surface area contributed by atoms with E-state index in [2.05, 4.69) is 5.32 Å². The summed E-state index contributed by atoms with van der Waals surface area (Å²) in [5, 5.41) is 47.1. The zero-order chi connectivity index (χ0) is 27.5. The monoisotopic (exact) mass is 533 g/mol. The van der Waals surface area contributed by atoms with Gasteiger partial charge in [0.1, 0.15) is 22.8 Å². The Labute approximate surface area is 216 Å². The molecule has 0 bridgehead atoms. The predicted molar refractivity (Wildman–Crippen MR) is 129 cm³/mol. The van der Waals surface area contributed by atoms with Gasteiger partial charge < -0.3 is 31.5 Å². The Morgan fingerprint density at radius 3 is 2.50 bits per heavy atom. The Bertz CT molecular complexity index is 1270. The van der Waals surface area contributed by atoms with Gasteiger partial charge in [-0.25, -0.2) is 8.78 Å². The minimum Gasteiger partial charge on any atom is -0.508 e. The number of piperidine rings is 1. The number of aliphatic hydroxyl groups excluding tert-OH is 2. The number of aliphatic hydroxyl groups is 3. The van der Waals surface area contributed by atoms with Crippen LogP contribution in [-0.4, -0.2) is 86.5 Å². The van der Waals surface area contributed by atoms with Gasteiger partial charge in [0.15, 0.2) is 11.4 Å². The molecular formula is C26H29F2N3O7. The Morgan fingerprint density at radius 2 is 1.87 bits per heavy atom. The van der Waals surface area contributed by atoms with Gasteiger partial charge in [-0.15, -0.1) is 0 Å². The summed E-state index contributed by atoms with van der Waals surface area (Å²) in [6.45, 7) is 0.306. The standard InChI is InChI=1S/C26H29F2N3O7/c27-16(28)10-31-6-4-13(5-7-31)30-20-14-9-12-8-11-2-1-3-15(32)17(11)21(33)18(12)23(35)26(14,38)24(36)19(22(20)34)25(29)37/h1-3,12-14,16,20,30,32-33,36,38H,4-10H2,(H2,29,37). The fraction of sp³-hybridized carbons (Fsp3) is 0.500. The van der Waals surface area contributed by atoms with E-state index in [1.807, 2.05) is 0 Å². The molecule has 3 aliphatic carbocycles. The number of benzene rings is 1. The number of phenolic OH excluding ortho intramolecular Hbond substituents is 1. The number of halogens is 2. The molecule has 7 N–H and O–H groups in total. The molecule has 0 radical (unpaired) electrons. The number of rotatable bonds is 5. The maximum Gasteiger partial charge on any atom is 0.255 e. The molecule has 0 spiro atoms. The van der Waals surface area contributed by atoms with Crippen LogP contribution in [0.4, 0.5) is 8.78 Å². The average Bonchev–Trinajstić information content (AvgIpc) is 2.84. The van der Waals surface area contributed by atoms with Gasteiger partial charge in [-0.3, -0.25) is 19.3 Å². The van der Waals surface area contributed by atoms with Crippen LogP contribution in [0.3, 0.4) is 0 Å². The number of hydrogen-bond acceptors (Lipinski definition) is 9. The van der Waals surface area contributed by atoms with Gasteiger partial charge >= 0.3 is 0 Å². The molecule has 0 aromatic heterocycles. The third kappa shape index (κ3) is 3.98. The fourth-order valence-corrected chi connectivity index (χ4v) is 6.54. The predicted octanol–water partition coefficient (Wildman–Crippen LogP) is 0.721. The fourth-order valence-electron chi connectivity index (χ4n) is 6.54. The van der Waals surface area contributed by atoms with Crippen molar-refractivity contribution in [1.29, 1.82) is 0 Å². The summed E-state index contributed by atoms with van der Waals surface area (Å²) in [5.41, 5.74) is 2.16. The molecule has 1 amide bonds. The van der Waals surface area contributed by atoms with Crippen LogP contribution in [0.5, 0.6) is 5.75 Å². The minimum absolute atomic E-state index is 0.0134. The van der Waals surface area contributed by atoms with Gasteiger partial charge in [0.2, 0.25) is 5.78 Å². The van der Waals surface area contributed by atoms with Crippen LogP contribution in [0.15, 0.2) is 35.1 Å². The molecule has 12 heteroatoms. The summed E-state index contributed by atoms with van der Waals surface area (Å²) in [4.78, 5) is 41.0. The molecule has 1 aliphatic heterocycles. The van der Waals surface area contributed by atoms with Crippen molar-refractivity contribution in [2.75, 3.05) is 19.6 Å². The number of Topliss-reactive ketones (excluding diaryl/α,β-unsaturated/α-hetero) is 2. The summed E-state index contributed by atoms with van der Waals surface area (Å²) in [7, 11) is 0. The molecule has 10 nitrogen and oxygen atoms in total. The number of phenols is 1. The molecule has 204 valence electrons. The number of hydrogen-bond donors (Lipinski definition) is 6. The topological polar surface area (TPSA) is 173 Å². The molecular weight excluding hydrogens is 504 g/mol. The van der Waals surface area contributed by atoms with Gasteiger partial charge in [-0.05, 0) is 56.3 Å². The molecule has 2 fully saturated rings. The SMILES string of the molecule is NC(=O)C1=C(O)C2(O)C(=O)C3=C(O)c4c(O)cccc4CC3CC2C(NC2CCN(CC(F)F)CC2)C1=O. The Morgan fingerprint density at radius 1 is 1.18 bits per heavy atom. The second kappa shape index (κ2) is 9.44. The van der Waals surface area contributed by atoms with Crippen molar-refractivity contribution in [2.45, 2.75) is 49.8 Å². The van der Waals surface area contributed by atoms with E-state index in [0.29, 0.717) is 31.5 Å². The van der Waals surface area contributed by atoms with E-state index in [9.17, 15) is 43.6 Å². The molecule has 1 aromatic carbocycles. The number of carbonyl (C=O) groups excluding carboxylic acids is 3. The number of primary amides is 1. The number of alkyl halides is 2. The van der Waals surface area contributed by atoms with E-state index in [1.165, 1.54) is 6.07 Å². The molecule has 4 unspecified atom stereocenters. The molecule has 1 saturated carbocycles. The van der Waals surface area contributed by atoms with E-state index in [0.717, 1.165) is 0 Å². The molecule has 38 heavy (non-hydrogen) atoms. The summed E-state index contributed by atoms with van der Waals surface area (Å²) < 4.78 is 25.5. The van der Waals surface area contributed by atoms with Crippen molar-refractivity contribution >= 4 is 23.2 Å². The van der Waals surface area contributed by atoms with E-state index in [1.54, 1.807) is 17.0 Å². The molecule has 4 aliphatic rings. The third-order valence-electron chi connectivity index (χ3n) is 8.34. The van der Waals surface area contributed by atoms with Gasteiger partial charge in [-0.1, -0.05) is 12.1 Å². The Balaban J connectivity index is 1.53. The highest BCUT2D eigenvalue weighted by atomic mass is 19.3. The highest BCUT2D eigenvalue weighted by Crippen LogP contribution is 2.52. The average molecular weight is 534 g/mol. The molecule has 1 heterocycles. The number of aromatic hydroxyl groups is 1. The number of likely N-dealkylation sites (tertiary alicyclic amines) is 1. The highest BCUT2D eigenvalue weighted by Gasteiger charge is 2.63. The molecule has 1 aromatic rings. The van der Waals surface area contributed by atoms with Gasteiger partial charge in [-0.2, -0.15) is 0 Å². The Hall–Kier alpha value is -3.35. The van der Waals surface area contributed by atoms with E-state index in [4.69, 9.17) is 5.73 Å². The summed E-state index contributed by atoms with van der Waals surface area (Å²) >= 11 is 0. The number of ketones is 2. The number of nitrogens with two attached hydrogens (primary N) is 1. The first-order valence-corrected chi connectivity index (χ1v) is 12.5. The van der Waals surface area contributed by atoms with Gasteiger partial charge in [0, 0.05) is 17.5 Å². The second-order valence-electron chi connectivity index (χ2n) is 10.5. The van der Waals surface area contributed by atoms with Crippen LogP contribution in [0, 0.1) is 11.8 Å². The third-order valence-corrected chi connectivity index (χ3v) is 8.34. The largest absolute Gasteiger partial charge is 0.508 e. The van der Waals surface area contributed by atoms with Crippen molar-refractivity contribution in [2.24, 2.45) is 17.6 Å². The number of nitrogens with one attached hydrogen (secondary N) is 1. The summed E-state index contributed by atoms with van der Waals surface area (Å²) in [5.74, 6) is -7.06. The summed E-state index contributed by atoms with van der Waals surface area (Å²) in [6, 6.07) is 3.00. The van der Waals surface area contributed by atoms with E-state index in [-0.39, 0.29) is 42.3 Å². The minimum atomic E-state index is -2.73. The summed E-state index contributed by atoms with van der Waals surface area (Å²) in [6.07, 6.45) is -1.46. The maximum atomic E-state index is 13.8. The van der Waals surface area contributed by atoms with Crippen LogP contribution in [-0.2, 0) is 20.8 Å². The van der Waals surface area contributed by atoms with E-state index >= 15 is 0 Å². The number of fused-ring (bicyclic) bond motifs is 3. The Kier molecular flexibility index (Phi) is 6.52. The van der Waals surface area contributed by atoms with Crippen molar-refractivity contribution in [3.05, 3.63) is 46.2 Å². The highest BCUT2D eigenvalue weighted by molar-refractivity contribution is 6.24. The normalized spacial score (nSPS) is 30.4. The zero-order valence-electron chi connectivity index (χ0n) is 20.4. The quantitative estimate of drug-likeness (QED) is 0.298. The second-order valence-corrected chi connectivity index (χ2v) is 10.5. The smallest absolute Gasteiger partial charge is 0.255 e. The first-order chi connectivity index (χ1) is 17.9. The first-order valence-electron chi connectivity index (χ1n) is 12.5. The van der Waals surface area contributed by atoms with E-state index < -0.39 is 64.5 Å². The lowest BCUT2D eigenvalue weighted by atomic mass is 9.57. The van der Waals surface area contributed by atoms with Gasteiger partial charge in [0.05, 0.1) is 18.2 Å². The molecule has 5 rings (SSSR count). The molecule has 1 saturated heterocycles. The van der Waals surface area contributed by atoms with Crippen LogP contribution >= 0.6 is 0 Å². The lowest BCUT2D eigenvalue weighted by Gasteiger charge is -2.50. The number of nitrogens with zero attached hydrogens (tertiary/aromatic N) is 1. The lowest BCUT2D eigenvalue weighted by Crippen LogP contribution is -2.67. The maximum absolute atomic E-state index is 13.8. The van der Waals surface area contributed by atoms with Crippen LogP contribution in [0.2, 0.25) is 0 Å².